The van der Waals surface area contributed by atoms with E-state index in [-0.39, 0.29) is 0 Å². The standard InChI is InChI=1S/C73H46N2/c1-2-24-50(25-3-1)75-68-40-15-11-31-59(68)60-43-42-52(46-70(60)75)74(69-41-19-39-67-72(69)62-32-10-14-38-66(62)73(67)64-36-12-8-29-57(64)58-30-9-13-37-65(58)73)51-26-16-23-48(44-51)55-33-18-35-61-54-28-7-5-21-49(54)45-63(71(55)61)56-34-17-22-47-20-4-6-27-53(47)56/h1-46H. The van der Waals surface area contributed by atoms with Crippen LogP contribution in [0.3, 0.4) is 0 Å². The smallest absolute Gasteiger partial charge is 0.0726 e. The predicted molar refractivity (Wildman–Crippen MR) is 315 cm³/mol. The number of hydrogen-bond acceptors (Lipinski definition) is 1. The van der Waals surface area contributed by atoms with E-state index in [4.69, 9.17) is 0 Å². The Morgan fingerprint density at radius 3 is 1.65 bits per heavy atom. The number of benzene rings is 13. The number of hydrogen-bond donors (Lipinski definition) is 0. The van der Waals surface area contributed by atoms with Crippen LogP contribution in [-0.2, 0) is 5.41 Å². The fraction of sp³-hybridized carbons (Fsp3) is 0.0137. The van der Waals surface area contributed by atoms with E-state index in [1.54, 1.807) is 0 Å². The highest BCUT2D eigenvalue weighted by Gasteiger charge is 2.52. The van der Waals surface area contributed by atoms with Crippen molar-refractivity contribution in [2.45, 2.75) is 5.41 Å². The summed E-state index contributed by atoms with van der Waals surface area (Å²) in [6.07, 6.45) is 0. The van der Waals surface area contributed by atoms with Crippen molar-refractivity contribution in [3.8, 4) is 50.2 Å². The van der Waals surface area contributed by atoms with E-state index in [0.29, 0.717) is 0 Å². The molecule has 2 heteroatoms. The Labute approximate surface area is 435 Å². The van der Waals surface area contributed by atoms with Crippen molar-refractivity contribution in [3.05, 3.63) is 301 Å². The Bertz CT molecular complexity index is 4620. The van der Waals surface area contributed by atoms with Crippen LogP contribution in [0.25, 0.3) is 104 Å². The van der Waals surface area contributed by atoms with Gasteiger partial charge in [0.1, 0.15) is 0 Å². The molecular weight excluding hydrogens is 905 g/mol. The van der Waals surface area contributed by atoms with E-state index in [2.05, 4.69) is 289 Å². The summed E-state index contributed by atoms with van der Waals surface area (Å²) in [5, 5.41) is 9.92. The van der Waals surface area contributed by atoms with Crippen LogP contribution in [-0.4, -0.2) is 4.57 Å². The molecule has 0 amide bonds. The molecule has 0 bridgehead atoms. The third-order valence-corrected chi connectivity index (χ3v) is 16.5. The molecule has 0 saturated carbocycles. The quantitative estimate of drug-likeness (QED) is 0.151. The first kappa shape index (κ1) is 41.8. The Hall–Kier alpha value is -9.76. The van der Waals surface area contributed by atoms with Crippen LogP contribution in [0.4, 0.5) is 17.1 Å². The van der Waals surface area contributed by atoms with Crippen LogP contribution in [0.2, 0.25) is 0 Å². The Morgan fingerprint density at radius 2 is 0.840 bits per heavy atom. The molecule has 2 aliphatic rings. The molecule has 16 rings (SSSR count). The van der Waals surface area contributed by atoms with Crippen molar-refractivity contribution in [2.75, 3.05) is 4.90 Å². The molecular formula is C73H46N2. The zero-order chi connectivity index (χ0) is 49.2. The third-order valence-electron chi connectivity index (χ3n) is 16.5. The summed E-state index contributed by atoms with van der Waals surface area (Å²) in [6, 6.07) is 104. The summed E-state index contributed by atoms with van der Waals surface area (Å²) >= 11 is 0. The lowest BCUT2D eigenvalue weighted by Gasteiger charge is -2.32. The predicted octanol–water partition coefficient (Wildman–Crippen LogP) is 19.4. The topological polar surface area (TPSA) is 8.17 Å². The van der Waals surface area contributed by atoms with Gasteiger partial charge in [0.2, 0.25) is 0 Å². The van der Waals surface area contributed by atoms with Gasteiger partial charge in [0.25, 0.3) is 0 Å². The molecule has 2 nitrogen and oxygen atoms in total. The van der Waals surface area contributed by atoms with Crippen LogP contribution in [0.1, 0.15) is 22.3 Å². The molecule has 0 radical (unpaired) electrons. The van der Waals surface area contributed by atoms with Crippen molar-refractivity contribution in [3.63, 3.8) is 0 Å². The number of nitrogens with zero attached hydrogens (tertiary/aromatic N) is 2. The van der Waals surface area contributed by atoms with Gasteiger partial charge in [-0.05, 0) is 148 Å². The highest BCUT2D eigenvalue weighted by atomic mass is 15.1. The summed E-state index contributed by atoms with van der Waals surface area (Å²) in [5.41, 5.74) is 21.5. The molecule has 1 aromatic heterocycles. The maximum absolute atomic E-state index is 2.55. The summed E-state index contributed by atoms with van der Waals surface area (Å²) < 4.78 is 2.43. The zero-order valence-electron chi connectivity index (χ0n) is 41.0. The van der Waals surface area contributed by atoms with Gasteiger partial charge in [-0.25, -0.2) is 0 Å². The minimum atomic E-state index is -0.490. The Morgan fingerprint density at radius 1 is 0.293 bits per heavy atom. The lowest BCUT2D eigenvalue weighted by molar-refractivity contribution is 0.794. The number of anilines is 3. The first-order valence-electron chi connectivity index (χ1n) is 26.1. The molecule has 0 fully saturated rings. The fourth-order valence-electron chi connectivity index (χ4n) is 13.6. The van der Waals surface area contributed by atoms with Crippen LogP contribution >= 0.6 is 0 Å². The van der Waals surface area contributed by atoms with Gasteiger partial charge in [-0.1, -0.05) is 224 Å². The molecule has 1 heterocycles. The van der Waals surface area contributed by atoms with E-state index in [1.807, 2.05) is 0 Å². The second-order valence-electron chi connectivity index (χ2n) is 20.3. The van der Waals surface area contributed by atoms with Crippen molar-refractivity contribution in [1.29, 1.82) is 0 Å². The summed E-state index contributed by atoms with van der Waals surface area (Å²) in [4.78, 5) is 2.55. The molecule has 1 spiro atoms. The lowest BCUT2D eigenvalue weighted by Crippen LogP contribution is -2.26. The fourth-order valence-corrected chi connectivity index (χ4v) is 13.6. The van der Waals surface area contributed by atoms with Crippen LogP contribution < -0.4 is 4.90 Å². The van der Waals surface area contributed by atoms with Gasteiger partial charge in [0, 0.05) is 33.4 Å². The van der Waals surface area contributed by atoms with Crippen LogP contribution in [0.15, 0.2) is 279 Å². The number of aromatic nitrogens is 1. The zero-order valence-corrected chi connectivity index (χ0v) is 41.0. The van der Waals surface area contributed by atoms with E-state index in [0.717, 1.165) is 33.8 Å². The maximum atomic E-state index is 2.55. The molecule has 0 aliphatic heterocycles. The average Bonchev–Trinajstić information content (AvgIpc) is 4.09. The molecule has 0 atom stereocenters. The largest absolute Gasteiger partial charge is 0.310 e. The number of para-hydroxylation sites is 2. The molecule has 75 heavy (non-hydrogen) atoms. The molecule has 13 aromatic carbocycles. The van der Waals surface area contributed by atoms with Crippen molar-refractivity contribution in [2.24, 2.45) is 0 Å². The van der Waals surface area contributed by atoms with Crippen LogP contribution in [0, 0.1) is 0 Å². The second kappa shape index (κ2) is 16.1. The Balaban J connectivity index is 0.988. The lowest BCUT2D eigenvalue weighted by atomic mass is 9.70. The van der Waals surface area contributed by atoms with Gasteiger partial charge in [0.05, 0.1) is 22.1 Å². The molecule has 14 aromatic rings. The maximum Gasteiger partial charge on any atom is 0.0726 e. The Kier molecular flexibility index (Phi) is 8.99. The van der Waals surface area contributed by atoms with E-state index < -0.39 is 5.41 Å². The van der Waals surface area contributed by atoms with Crippen molar-refractivity contribution < 1.29 is 0 Å². The molecule has 0 unspecified atom stereocenters. The minimum Gasteiger partial charge on any atom is -0.310 e. The van der Waals surface area contributed by atoms with E-state index in [9.17, 15) is 0 Å². The summed E-state index contributed by atoms with van der Waals surface area (Å²) in [6.45, 7) is 0. The van der Waals surface area contributed by atoms with Gasteiger partial charge >= 0.3 is 0 Å². The monoisotopic (exact) mass is 950 g/mol. The van der Waals surface area contributed by atoms with Gasteiger partial charge in [0.15, 0.2) is 0 Å². The normalized spacial score (nSPS) is 12.9. The van der Waals surface area contributed by atoms with E-state index in [1.165, 1.54) is 110 Å². The SMILES string of the molecule is c1ccc(-n2c3ccccc3c3ccc(N(c4cccc(-c5cccc6c5c(-c5cccc7ccccc57)cc5ccccc56)c4)c4cccc5c4-c4ccccc4C54c5ccccc5-c5ccccc54)cc32)cc1. The summed E-state index contributed by atoms with van der Waals surface area (Å²) in [7, 11) is 0. The number of fused-ring (bicyclic) bond motifs is 17. The first-order chi connectivity index (χ1) is 37.2. The first-order valence-corrected chi connectivity index (χ1v) is 26.1. The van der Waals surface area contributed by atoms with Crippen molar-refractivity contribution in [1.82, 2.24) is 4.57 Å². The van der Waals surface area contributed by atoms with Gasteiger partial charge < -0.3 is 9.47 Å². The molecule has 0 saturated heterocycles. The van der Waals surface area contributed by atoms with Gasteiger partial charge in [-0.2, -0.15) is 0 Å². The average molecular weight is 951 g/mol. The third kappa shape index (κ3) is 5.91. The highest BCUT2D eigenvalue weighted by molar-refractivity contribution is 6.20. The molecule has 2 aliphatic carbocycles. The van der Waals surface area contributed by atoms with Crippen molar-refractivity contribution >= 4 is 71.2 Å². The van der Waals surface area contributed by atoms with E-state index >= 15 is 0 Å². The molecule has 348 valence electrons. The van der Waals surface area contributed by atoms with Gasteiger partial charge in [-0.3, -0.25) is 0 Å². The highest BCUT2D eigenvalue weighted by Crippen LogP contribution is 2.65. The van der Waals surface area contributed by atoms with Gasteiger partial charge in [-0.15, -0.1) is 0 Å². The summed E-state index contributed by atoms with van der Waals surface area (Å²) in [5.74, 6) is 0. The molecule has 0 N–H and O–H groups in total. The van der Waals surface area contributed by atoms with Crippen LogP contribution in [0.5, 0.6) is 0 Å². The minimum absolute atomic E-state index is 0.490. The second-order valence-corrected chi connectivity index (χ2v) is 20.3. The number of rotatable bonds is 6.